The van der Waals surface area contributed by atoms with Gasteiger partial charge in [-0.25, -0.2) is 0 Å². The van der Waals surface area contributed by atoms with E-state index < -0.39 is 18.5 Å². The van der Waals surface area contributed by atoms with E-state index >= 15 is 0 Å². The van der Waals surface area contributed by atoms with Crippen LogP contribution < -0.4 is 5.73 Å². The van der Waals surface area contributed by atoms with Crippen LogP contribution >= 0.6 is 0 Å². The van der Waals surface area contributed by atoms with Gasteiger partial charge in [0.1, 0.15) is 6.42 Å². The molecule has 1 saturated heterocycles. The number of halogens is 3. The van der Waals surface area contributed by atoms with Crippen molar-refractivity contribution in [2.75, 3.05) is 26.2 Å². The smallest absolute Gasteiger partial charge is 0.340 e. The highest BCUT2D eigenvalue weighted by Crippen LogP contribution is 2.21. The maximum atomic E-state index is 12.0. The first-order valence-corrected chi connectivity index (χ1v) is 5.14. The Morgan fingerprint density at radius 2 is 1.81 bits per heavy atom. The Balaban J connectivity index is 2.39. The average molecular weight is 239 g/mol. The van der Waals surface area contributed by atoms with E-state index in [4.69, 9.17) is 5.73 Å². The molecule has 0 radical (unpaired) electrons. The van der Waals surface area contributed by atoms with E-state index in [1.807, 2.05) is 11.8 Å². The lowest BCUT2D eigenvalue weighted by molar-refractivity contribution is -0.162. The maximum Gasteiger partial charge on any atom is 0.397 e. The summed E-state index contributed by atoms with van der Waals surface area (Å²) in [5, 5.41) is 0. The molecule has 1 aliphatic heterocycles. The summed E-state index contributed by atoms with van der Waals surface area (Å²) in [5.74, 6) is -0.850. The molecule has 0 bridgehead atoms. The third-order valence-corrected chi connectivity index (χ3v) is 2.59. The number of nitrogens with zero attached hydrogens (tertiary/aromatic N) is 2. The van der Waals surface area contributed by atoms with Crippen molar-refractivity contribution < 1.29 is 18.0 Å². The summed E-state index contributed by atoms with van der Waals surface area (Å²) in [4.78, 5) is 14.4. The number of alkyl halides is 3. The zero-order valence-corrected chi connectivity index (χ0v) is 9.13. The molecule has 0 saturated carbocycles. The molecule has 7 heteroatoms. The maximum absolute atomic E-state index is 12.0. The van der Waals surface area contributed by atoms with Crippen LogP contribution in [-0.4, -0.2) is 54.2 Å². The van der Waals surface area contributed by atoms with Crippen molar-refractivity contribution in [3.05, 3.63) is 0 Å². The predicted molar refractivity (Wildman–Crippen MR) is 52.5 cm³/mol. The summed E-state index contributed by atoms with van der Waals surface area (Å²) >= 11 is 0. The lowest BCUT2D eigenvalue weighted by Gasteiger charge is -2.36. The lowest BCUT2D eigenvalue weighted by atomic mass is 10.2. The summed E-state index contributed by atoms with van der Waals surface area (Å²) in [7, 11) is 0. The van der Waals surface area contributed by atoms with Crippen molar-refractivity contribution in [1.29, 1.82) is 0 Å². The number of nitrogens with two attached hydrogens (primary N) is 1. The summed E-state index contributed by atoms with van der Waals surface area (Å²) in [6, 6.07) is 0. The molecule has 1 rings (SSSR count). The van der Waals surface area contributed by atoms with Crippen molar-refractivity contribution in [2.24, 2.45) is 5.73 Å². The number of rotatable bonds is 2. The van der Waals surface area contributed by atoms with Gasteiger partial charge in [-0.1, -0.05) is 0 Å². The Morgan fingerprint density at radius 3 is 2.19 bits per heavy atom. The minimum absolute atomic E-state index is 0.125. The largest absolute Gasteiger partial charge is 0.397 e. The first kappa shape index (κ1) is 13.2. The first-order chi connectivity index (χ1) is 7.29. The minimum Gasteiger partial charge on any atom is -0.340 e. The van der Waals surface area contributed by atoms with Gasteiger partial charge in [-0.15, -0.1) is 0 Å². The van der Waals surface area contributed by atoms with Crippen LogP contribution in [0.15, 0.2) is 0 Å². The Labute approximate surface area is 92.2 Å². The van der Waals surface area contributed by atoms with E-state index in [1.165, 1.54) is 4.90 Å². The molecular formula is C9H16F3N3O. The Morgan fingerprint density at radius 1 is 1.31 bits per heavy atom. The average Bonchev–Trinajstić information content (AvgIpc) is 2.15. The topological polar surface area (TPSA) is 49.6 Å². The molecule has 0 spiro atoms. The van der Waals surface area contributed by atoms with Crippen molar-refractivity contribution >= 4 is 5.91 Å². The summed E-state index contributed by atoms with van der Waals surface area (Å²) in [5.41, 5.74) is 5.63. The third-order valence-electron chi connectivity index (χ3n) is 2.59. The second kappa shape index (κ2) is 5.01. The molecule has 1 fully saturated rings. The second-order valence-corrected chi connectivity index (χ2v) is 3.95. The van der Waals surface area contributed by atoms with Gasteiger partial charge in [0.25, 0.3) is 0 Å². The van der Waals surface area contributed by atoms with Crippen LogP contribution in [0.4, 0.5) is 13.2 Å². The van der Waals surface area contributed by atoms with Gasteiger partial charge in [0.2, 0.25) is 5.91 Å². The molecule has 1 heterocycles. The summed E-state index contributed by atoms with van der Waals surface area (Å²) < 4.78 is 36.0. The van der Waals surface area contributed by atoms with Gasteiger partial charge in [0.15, 0.2) is 0 Å². The van der Waals surface area contributed by atoms with Crippen LogP contribution in [0.3, 0.4) is 0 Å². The molecular weight excluding hydrogens is 223 g/mol. The molecule has 0 unspecified atom stereocenters. The molecule has 16 heavy (non-hydrogen) atoms. The zero-order chi connectivity index (χ0) is 12.3. The number of piperazine rings is 1. The Kier molecular flexibility index (Phi) is 4.15. The van der Waals surface area contributed by atoms with Crippen LogP contribution in [0.1, 0.15) is 13.3 Å². The quantitative estimate of drug-likeness (QED) is 0.758. The van der Waals surface area contributed by atoms with Gasteiger partial charge < -0.3 is 10.6 Å². The molecule has 0 aromatic carbocycles. The fraction of sp³-hybridized carbons (Fsp3) is 0.889. The van der Waals surface area contributed by atoms with Crippen LogP contribution in [0, 0.1) is 0 Å². The fourth-order valence-electron chi connectivity index (χ4n) is 1.66. The van der Waals surface area contributed by atoms with E-state index in [-0.39, 0.29) is 6.17 Å². The zero-order valence-electron chi connectivity index (χ0n) is 9.13. The Bertz CT molecular complexity index is 247. The molecule has 2 N–H and O–H groups in total. The van der Waals surface area contributed by atoms with E-state index in [2.05, 4.69) is 0 Å². The molecule has 94 valence electrons. The molecule has 0 aromatic rings. The molecule has 0 aromatic heterocycles. The van der Waals surface area contributed by atoms with Crippen LogP contribution in [0.2, 0.25) is 0 Å². The molecule has 0 aliphatic carbocycles. The standard InChI is InChI=1S/C9H16F3N3O/c1-7(13)14-2-4-15(5-3-14)8(16)6-9(10,11)12/h7H,2-6,13H2,1H3/t7-/m0/s1. The molecule has 1 atom stereocenters. The number of carbonyl (C=O) groups excluding carboxylic acids is 1. The molecule has 1 aliphatic rings. The van der Waals surface area contributed by atoms with Gasteiger partial charge in [-0.2, -0.15) is 13.2 Å². The van der Waals surface area contributed by atoms with Gasteiger partial charge in [0.05, 0.1) is 6.17 Å². The number of carbonyl (C=O) groups is 1. The highest BCUT2D eigenvalue weighted by Gasteiger charge is 2.34. The highest BCUT2D eigenvalue weighted by atomic mass is 19.4. The van der Waals surface area contributed by atoms with Crippen molar-refractivity contribution in [3.8, 4) is 0 Å². The second-order valence-electron chi connectivity index (χ2n) is 3.95. The monoisotopic (exact) mass is 239 g/mol. The van der Waals surface area contributed by atoms with Crippen molar-refractivity contribution in [2.45, 2.75) is 25.7 Å². The van der Waals surface area contributed by atoms with E-state index in [1.54, 1.807) is 0 Å². The van der Waals surface area contributed by atoms with Gasteiger partial charge in [-0.05, 0) is 6.92 Å². The first-order valence-electron chi connectivity index (χ1n) is 5.14. The van der Waals surface area contributed by atoms with Gasteiger partial charge in [-0.3, -0.25) is 9.69 Å². The van der Waals surface area contributed by atoms with E-state index in [0.29, 0.717) is 26.2 Å². The predicted octanol–water partition coefficient (Wildman–Crippen LogP) is 0.388. The van der Waals surface area contributed by atoms with E-state index in [0.717, 1.165) is 0 Å². The normalized spacial score (nSPS) is 20.9. The number of amides is 1. The molecule has 4 nitrogen and oxygen atoms in total. The minimum atomic E-state index is -4.42. The highest BCUT2D eigenvalue weighted by molar-refractivity contribution is 5.76. The summed E-state index contributed by atoms with van der Waals surface area (Å²) in [6.07, 6.45) is -5.92. The number of hydrogen-bond acceptors (Lipinski definition) is 3. The SMILES string of the molecule is C[C@@H](N)N1CCN(C(=O)CC(F)(F)F)CC1. The number of hydrogen-bond donors (Lipinski definition) is 1. The van der Waals surface area contributed by atoms with Gasteiger partial charge in [0, 0.05) is 26.2 Å². The van der Waals surface area contributed by atoms with Crippen LogP contribution in [0.25, 0.3) is 0 Å². The van der Waals surface area contributed by atoms with Gasteiger partial charge >= 0.3 is 6.18 Å². The van der Waals surface area contributed by atoms with Crippen LogP contribution in [-0.2, 0) is 4.79 Å². The summed E-state index contributed by atoms with van der Waals surface area (Å²) in [6.45, 7) is 3.50. The van der Waals surface area contributed by atoms with E-state index in [9.17, 15) is 18.0 Å². The van der Waals surface area contributed by atoms with Crippen LogP contribution in [0.5, 0.6) is 0 Å². The Hall–Kier alpha value is -0.820. The lowest BCUT2D eigenvalue weighted by Crippen LogP contribution is -2.53. The fourth-order valence-corrected chi connectivity index (χ4v) is 1.66. The molecule has 1 amide bonds. The van der Waals surface area contributed by atoms with Crippen molar-refractivity contribution in [3.63, 3.8) is 0 Å². The van der Waals surface area contributed by atoms with Crippen molar-refractivity contribution in [1.82, 2.24) is 9.80 Å². The third kappa shape index (κ3) is 3.97.